The third kappa shape index (κ3) is 7.08. The third-order valence-corrected chi connectivity index (χ3v) is 9.06. The fraction of sp³-hybridized carbons (Fsp3) is 0.312. The van der Waals surface area contributed by atoms with E-state index in [0.29, 0.717) is 29.4 Å². The van der Waals surface area contributed by atoms with Crippen LogP contribution in [0.1, 0.15) is 32.6 Å². The van der Waals surface area contributed by atoms with E-state index in [1.54, 1.807) is 24.3 Å². The average molecular weight is 582 g/mol. The lowest BCUT2D eigenvalue weighted by Crippen LogP contribution is -2.33. The molecule has 0 spiro atoms. The Morgan fingerprint density at radius 2 is 1.55 bits per heavy atom. The number of piperidine rings is 1. The minimum atomic E-state index is -3.30. The summed E-state index contributed by atoms with van der Waals surface area (Å²) in [5.74, 6) is 2.39. The summed E-state index contributed by atoms with van der Waals surface area (Å²) in [6, 6.07) is 23.6. The maximum atomic E-state index is 12.5. The number of aromatic hydroxyl groups is 1. The van der Waals surface area contributed by atoms with E-state index in [4.69, 9.17) is 9.47 Å². The summed E-state index contributed by atoms with van der Waals surface area (Å²) in [5, 5.41) is 11.7. The van der Waals surface area contributed by atoms with Crippen molar-refractivity contribution < 1.29 is 23.0 Å². The summed E-state index contributed by atoms with van der Waals surface area (Å²) in [6.07, 6.45) is 4.43. The van der Waals surface area contributed by atoms with Crippen molar-refractivity contribution in [3.63, 3.8) is 0 Å². The third-order valence-electron chi connectivity index (χ3n) is 7.12. The van der Waals surface area contributed by atoms with Gasteiger partial charge in [0.2, 0.25) is 0 Å². The monoisotopic (exact) mass is 581 g/mol. The predicted octanol–water partition coefficient (Wildman–Crippen LogP) is 7.47. The van der Waals surface area contributed by atoms with Gasteiger partial charge < -0.3 is 14.6 Å². The van der Waals surface area contributed by atoms with Gasteiger partial charge in [0.1, 0.15) is 29.6 Å². The fourth-order valence-corrected chi connectivity index (χ4v) is 6.38. The number of phenolic OH excluding ortho intramolecular Hbond substituents is 1. The van der Waals surface area contributed by atoms with E-state index in [1.165, 1.54) is 19.3 Å². The van der Waals surface area contributed by atoms with Gasteiger partial charge in [0.05, 0.1) is 10.6 Å². The Labute approximate surface area is 242 Å². The molecule has 0 atom stereocenters. The van der Waals surface area contributed by atoms with Crippen molar-refractivity contribution in [1.29, 1.82) is 0 Å². The zero-order chi connectivity index (χ0) is 27.2. The van der Waals surface area contributed by atoms with Crippen LogP contribution < -0.4 is 9.47 Å². The average Bonchev–Trinajstić information content (AvgIpc) is 2.95. The number of ether oxygens (including phenoxy) is 2. The molecule has 0 unspecified atom stereocenters. The molecule has 0 aliphatic carbocycles. The van der Waals surface area contributed by atoms with Crippen molar-refractivity contribution in [1.82, 2.24) is 4.90 Å². The van der Waals surface area contributed by atoms with Crippen molar-refractivity contribution in [2.24, 2.45) is 0 Å². The van der Waals surface area contributed by atoms with Crippen LogP contribution in [0, 0.1) is 0 Å². The molecule has 8 heteroatoms. The summed E-state index contributed by atoms with van der Waals surface area (Å²) in [5.41, 5.74) is 1.67. The lowest BCUT2D eigenvalue weighted by Gasteiger charge is -2.26. The van der Waals surface area contributed by atoms with Gasteiger partial charge in [0.15, 0.2) is 9.84 Å². The van der Waals surface area contributed by atoms with Crippen LogP contribution in [0.25, 0.3) is 21.9 Å². The van der Waals surface area contributed by atoms with Gasteiger partial charge in [-0.2, -0.15) is 0 Å². The first-order valence-corrected chi connectivity index (χ1v) is 15.3. The minimum absolute atomic E-state index is 0. The number of nitrogens with zero attached hydrogens (tertiary/aromatic N) is 1. The van der Waals surface area contributed by atoms with E-state index in [9.17, 15) is 13.5 Å². The lowest BCUT2D eigenvalue weighted by atomic mass is 9.99. The first kappa shape index (κ1) is 29.7. The van der Waals surface area contributed by atoms with Gasteiger partial charge >= 0.3 is 0 Å². The van der Waals surface area contributed by atoms with Crippen LogP contribution >= 0.6 is 12.4 Å². The van der Waals surface area contributed by atoms with Crippen LogP contribution in [0.3, 0.4) is 0 Å². The molecule has 4 aromatic carbocycles. The number of benzene rings is 4. The predicted molar refractivity (Wildman–Crippen MR) is 163 cm³/mol. The second-order valence-electron chi connectivity index (χ2n) is 10.0. The smallest absolute Gasteiger partial charge is 0.178 e. The molecule has 1 heterocycles. The number of likely N-dealkylation sites (tertiary alicyclic amines) is 1. The topological polar surface area (TPSA) is 76.1 Å². The van der Waals surface area contributed by atoms with E-state index in [1.807, 2.05) is 61.5 Å². The second-order valence-corrected chi connectivity index (χ2v) is 12.1. The first-order valence-electron chi connectivity index (χ1n) is 13.6. The van der Waals surface area contributed by atoms with E-state index >= 15 is 0 Å². The molecule has 4 aromatic rings. The number of fused-ring (bicyclic) bond motifs is 1. The van der Waals surface area contributed by atoms with Gasteiger partial charge in [-0.25, -0.2) is 8.42 Å². The van der Waals surface area contributed by atoms with Gasteiger partial charge in [-0.15, -0.1) is 12.4 Å². The molecule has 1 saturated heterocycles. The van der Waals surface area contributed by atoms with Crippen LogP contribution in [0.4, 0.5) is 0 Å². The number of sulfone groups is 1. The SMILES string of the molecule is CCCS(=O)(=O)c1ccc(-c2ccc3cc(O)ccc3c2Oc2ccc(OCCN3CCCCC3)cc2)cc1.Cl. The number of hydrogen-bond donors (Lipinski definition) is 1. The number of halogens is 1. The van der Waals surface area contributed by atoms with Gasteiger partial charge in [-0.1, -0.05) is 31.5 Å². The number of phenols is 1. The largest absolute Gasteiger partial charge is 0.508 e. The van der Waals surface area contributed by atoms with Crippen molar-refractivity contribution in [2.45, 2.75) is 37.5 Å². The van der Waals surface area contributed by atoms with Crippen LogP contribution in [0.5, 0.6) is 23.0 Å². The molecule has 0 amide bonds. The molecule has 1 N–H and O–H groups in total. The summed E-state index contributed by atoms with van der Waals surface area (Å²) in [4.78, 5) is 2.77. The molecular weight excluding hydrogens is 546 g/mol. The molecule has 0 saturated carbocycles. The standard InChI is InChI=1S/C32H35NO5S.ClH/c1-2-22-39(35,36)29-14-6-24(7-15-29)30-16-8-25-23-26(34)9-17-31(25)32(30)38-28-12-10-27(11-13-28)37-21-20-33-18-4-3-5-19-33;/h6-17,23,34H,2-5,18-22H2,1H3;1H. The van der Waals surface area contributed by atoms with Crippen molar-refractivity contribution in [3.05, 3.63) is 78.9 Å². The molecule has 1 fully saturated rings. The minimum Gasteiger partial charge on any atom is -0.508 e. The Hall–Kier alpha value is -3.26. The molecule has 5 rings (SSSR count). The Kier molecular flexibility index (Phi) is 9.95. The molecule has 1 aliphatic heterocycles. The second kappa shape index (κ2) is 13.4. The molecule has 0 radical (unpaired) electrons. The van der Waals surface area contributed by atoms with E-state index in [-0.39, 0.29) is 23.9 Å². The van der Waals surface area contributed by atoms with Crippen molar-refractivity contribution >= 4 is 33.0 Å². The summed E-state index contributed by atoms with van der Waals surface area (Å²) in [7, 11) is -3.30. The van der Waals surface area contributed by atoms with Crippen molar-refractivity contribution in [2.75, 3.05) is 32.0 Å². The van der Waals surface area contributed by atoms with Gasteiger partial charge in [-0.3, -0.25) is 4.90 Å². The number of rotatable bonds is 10. The van der Waals surface area contributed by atoms with Crippen molar-refractivity contribution in [3.8, 4) is 34.1 Å². The van der Waals surface area contributed by atoms with Gasteiger partial charge in [0, 0.05) is 17.5 Å². The highest BCUT2D eigenvalue weighted by atomic mass is 35.5. The van der Waals surface area contributed by atoms with Gasteiger partial charge in [0.25, 0.3) is 0 Å². The zero-order valence-corrected chi connectivity index (χ0v) is 24.3. The molecule has 1 aliphatic rings. The van der Waals surface area contributed by atoms with Crippen LogP contribution in [0.15, 0.2) is 83.8 Å². The summed E-state index contributed by atoms with van der Waals surface area (Å²) < 4.78 is 37.4. The highest BCUT2D eigenvalue weighted by molar-refractivity contribution is 7.91. The Morgan fingerprint density at radius 3 is 2.25 bits per heavy atom. The maximum absolute atomic E-state index is 12.5. The normalized spacial score (nSPS) is 14.0. The van der Waals surface area contributed by atoms with E-state index in [0.717, 1.165) is 47.3 Å². The molecular formula is C32H36ClNO5S. The molecule has 40 heavy (non-hydrogen) atoms. The molecule has 0 bridgehead atoms. The number of hydrogen-bond acceptors (Lipinski definition) is 6. The summed E-state index contributed by atoms with van der Waals surface area (Å²) >= 11 is 0. The zero-order valence-electron chi connectivity index (χ0n) is 22.7. The lowest BCUT2D eigenvalue weighted by molar-refractivity contribution is 0.183. The quantitative estimate of drug-likeness (QED) is 0.209. The highest BCUT2D eigenvalue weighted by Crippen LogP contribution is 2.41. The fourth-order valence-electron chi connectivity index (χ4n) is 5.05. The van der Waals surface area contributed by atoms with Gasteiger partial charge in [-0.05, 0) is 104 Å². The molecule has 212 valence electrons. The van der Waals surface area contributed by atoms with Crippen LogP contribution in [-0.4, -0.2) is 50.4 Å². The summed E-state index contributed by atoms with van der Waals surface area (Å²) in [6.45, 7) is 5.75. The van der Waals surface area contributed by atoms with Crippen LogP contribution in [0.2, 0.25) is 0 Å². The van der Waals surface area contributed by atoms with E-state index < -0.39 is 9.84 Å². The first-order chi connectivity index (χ1) is 18.9. The van der Waals surface area contributed by atoms with Crippen LogP contribution in [-0.2, 0) is 9.84 Å². The Balaban J connectivity index is 0.00000370. The molecule has 6 nitrogen and oxygen atoms in total. The maximum Gasteiger partial charge on any atom is 0.178 e. The molecule has 0 aromatic heterocycles. The Bertz CT molecular complexity index is 1520. The Morgan fingerprint density at radius 1 is 0.850 bits per heavy atom. The van der Waals surface area contributed by atoms with E-state index in [2.05, 4.69) is 4.90 Å². The highest BCUT2D eigenvalue weighted by Gasteiger charge is 2.16.